The van der Waals surface area contributed by atoms with Crippen LogP contribution in [0.15, 0.2) is 12.7 Å². The van der Waals surface area contributed by atoms with E-state index in [0.29, 0.717) is 18.1 Å². The molecule has 0 radical (unpaired) electrons. The van der Waals surface area contributed by atoms with Crippen molar-refractivity contribution in [1.82, 2.24) is 4.90 Å². The predicted molar refractivity (Wildman–Crippen MR) is 49.9 cm³/mol. The number of hydrogen-bond acceptors (Lipinski definition) is 3. The summed E-state index contributed by atoms with van der Waals surface area (Å²) in [5, 5.41) is 0. The van der Waals surface area contributed by atoms with Crippen LogP contribution in [0.2, 0.25) is 0 Å². The Hall–Kier alpha value is -0.350. The molecule has 3 nitrogen and oxygen atoms in total. The summed E-state index contributed by atoms with van der Waals surface area (Å²) in [7, 11) is -2.75. The number of sulfone groups is 1. The van der Waals surface area contributed by atoms with E-state index in [0.717, 1.165) is 19.5 Å². The van der Waals surface area contributed by atoms with Crippen LogP contribution < -0.4 is 0 Å². The van der Waals surface area contributed by atoms with E-state index in [9.17, 15) is 8.42 Å². The minimum Gasteiger partial charge on any atom is -0.299 e. The fourth-order valence-corrected chi connectivity index (χ4v) is 2.66. The van der Waals surface area contributed by atoms with Crippen LogP contribution in [-0.2, 0) is 9.84 Å². The van der Waals surface area contributed by atoms with Crippen molar-refractivity contribution in [1.29, 1.82) is 0 Å². The fraction of sp³-hybridized carbons (Fsp3) is 0.750. The summed E-state index contributed by atoms with van der Waals surface area (Å²) in [6.45, 7) is 5.97. The van der Waals surface area contributed by atoms with Gasteiger partial charge in [-0.25, -0.2) is 8.42 Å². The molecule has 0 aromatic rings. The SMILES string of the molecule is C=CCN1CCCS(=O)(=O)CC1. The third kappa shape index (κ3) is 2.95. The Kier molecular flexibility index (Phi) is 3.29. The largest absolute Gasteiger partial charge is 0.299 e. The van der Waals surface area contributed by atoms with Crippen molar-refractivity contribution < 1.29 is 8.42 Å². The van der Waals surface area contributed by atoms with Crippen LogP contribution >= 0.6 is 0 Å². The molecule has 0 atom stereocenters. The van der Waals surface area contributed by atoms with Gasteiger partial charge in [-0.1, -0.05) is 6.08 Å². The zero-order valence-corrected chi connectivity index (χ0v) is 8.02. The van der Waals surface area contributed by atoms with Crippen LogP contribution in [0.4, 0.5) is 0 Å². The molecule has 12 heavy (non-hydrogen) atoms. The van der Waals surface area contributed by atoms with E-state index < -0.39 is 9.84 Å². The fourth-order valence-electron chi connectivity index (χ4n) is 1.36. The highest BCUT2D eigenvalue weighted by Crippen LogP contribution is 2.04. The lowest BCUT2D eigenvalue weighted by Gasteiger charge is -2.15. The Bertz CT molecular complexity index is 246. The van der Waals surface area contributed by atoms with Gasteiger partial charge in [0.05, 0.1) is 11.5 Å². The summed E-state index contributed by atoms with van der Waals surface area (Å²) >= 11 is 0. The predicted octanol–water partition coefficient (Wildman–Crippen LogP) is 0.293. The van der Waals surface area contributed by atoms with Gasteiger partial charge in [-0.05, 0) is 13.0 Å². The van der Waals surface area contributed by atoms with Crippen LogP contribution in [0.3, 0.4) is 0 Å². The first-order valence-electron chi connectivity index (χ1n) is 4.18. The van der Waals surface area contributed by atoms with Crippen molar-refractivity contribution in [2.45, 2.75) is 6.42 Å². The molecule has 0 unspecified atom stereocenters. The van der Waals surface area contributed by atoms with Crippen molar-refractivity contribution in [2.75, 3.05) is 31.1 Å². The van der Waals surface area contributed by atoms with Crippen LogP contribution in [-0.4, -0.2) is 44.5 Å². The molecule has 0 aliphatic carbocycles. The van der Waals surface area contributed by atoms with E-state index in [1.807, 2.05) is 6.08 Å². The Morgan fingerprint density at radius 3 is 2.75 bits per heavy atom. The van der Waals surface area contributed by atoms with E-state index >= 15 is 0 Å². The van der Waals surface area contributed by atoms with Gasteiger partial charge < -0.3 is 0 Å². The summed E-state index contributed by atoms with van der Waals surface area (Å²) in [5.74, 6) is 0.654. The molecule has 70 valence electrons. The third-order valence-electron chi connectivity index (χ3n) is 2.04. The van der Waals surface area contributed by atoms with Crippen molar-refractivity contribution in [2.24, 2.45) is 0 Å². The van der Waals surface area contributed by atoms with Crippen LogP contribution in [0.25, 0.3) is 0 Å². The van der Waals surface area contributed by atoms with Crippen LogP contribution in [0.5, 0.6) is 0 Å². The normalized spacial score (nSPS) is 24.7. The zero-order chi connectivity index (χ0) is 9.03. The monoisotopic (exact) mass is 189 g/mol. The second kappa shape index (κ2) is 4.05. The molecule has 1 rings (SSSR count). The summed E-state index contributed by atoms with van der Waals surface area (Å²) in [6, 6.07) is 0. The van der Waals surface area contributed by atoms with E-state index in [4.69, 9.17) is 0 Å². The van der Waals surface area contributed by atoms with Crippen molar-refractivity contribution in [3.8, 4) is 0 Å². The maximum atomic E-state index is 11.2. The smallest absolute Gasteiger partial charge is 0.151 e. The minimum absolute atomic E-state index is 0.306. The maximum absolute atomic E-state index is 11.2. The molecule has 1 fully saturated rings. The summed E-state index contributed by atoms with van der Waals surface area (Å²) in [5.41, 5.74) is 0. The van der Waals surface area contributed by atoms with Crippen molar-refractivity contribution >= 4 is 9.84 Å². The second-order valence-electron chi connectivity index (χ2n) is 3.09. The Morgan fingerprint density at radius 2 is 2.08 bits per heavy atom. The maximum Gasteiger partial charge on any atom is 0.151 e. The molecule has 0 bridgehead atoms. The highest BCUT2D eigenvalue weighted by Gasteiger charge is 2.17. The number of rotatable bonds is 2. The first-order valence-corrected chi connectivity index (χ1v) is 6.00. The molecular weight excluding hydrogens is 174 g/mol. The van der Waals surface area contributed by atoms with Gasteiger partial charge in [0.1, 0.15) is 0 Å². The highest BCUT2D eigenvalue weighted by molar-refractivity contribution is 7.91. The first kappa shape index (κ1) is 9.74. The van der Waals surface area contributed by atoms with Crippen molar-refractivity contribution in [3.05, 3.63) is 12.7 Å². The molecule has 0 spiro atoms. The van der Waals surface area contributed by atoms with Gasteiger partial charge in [-0.2, -0.15) is 0 Å². The Labute approximate surface area is 74.0 Å². The average molecular weight is 189 g/mol. The van der Waals surface area contributed by atoms with E-state index in [2.05, 4.69) is 11.5 Å². The molecule has 1 saturated heterocycles. The van der Waals surface area contributed by atoms with Gasteiger partial charge in [0, 0.05) is 13.1 Å². The molecule has 0 aromatic carbocycles. The lowest BCUT2D eigenvalue weighted by Crippen LogP contribution is -2.26. The lowest BCUT2D eigenvalue weighted by molar-refractivity contribution is 0.327. The van der Waals surface area contributed by atoms with Gasteiger partial charge in [0.2, 0.25) is 0 Å². The lowest BCUT2D eigenvalue weighted by atomic mass is 10.4. The summed E-state index contributed by atoms with van der Waals surface area (Å²) in [4.78, 5) is 2.12. The molecular formula is C8H15NO2S. The van der Waals surface area contributed by atoms with Gasteiger partial charge in [0.25, 0.3) is 0 Å². The van der Waals surface area contributed by atoms with Gasteiger partial charge in [0.15, 0.2) is 9.84 Å². The molecule has 0 aromatic heterocycles. The van der Waals surface area contributed by atoms with Gasteiger partial charge in [-0.15, -0.1) is 6.58 Å². The highest BCUT2D eigenvalue weighted by atomic mass is 32.2. The molecule has 0 saturated carbocycles. The summed E-state index contributed by atoms with van der Waals surface area (Å²) < 4.78 is 22.3. The van der Waals surface area contributed by atoms with E-state index in [-0.39, 0.29) is 0 Å². The van der Waals surface area contributed by atoms with Crippen LogP contribution in [0, 0.1) is 0 Å². The molecule has 1 aliphatic rings. The van der Waals surface area contributed by atoms with Crippen molar-refractivity contribution in [3.63, 3.8) is 0 Å². The molecule has 0 N–H and O–H groups in total. The molecule has 4 heteroatoms. The minimum atomic E-state index is -2.75. The molecule has 1 aliphatic heterocycles. The Morgan fingerprint density at radius 1 is 1.33 bits per heavy atom. The van der Waals surface area contributed by atoms with Gasteiger partial charge in [-0.3, -0.25) is 4.90 Å². The first-order chi connectivity index (χ1) is 5.64. The molecule has 0 amide bonds. The van der Waals surface area contributed by atoms with Crippen LogP contribution in [0.1, 0.15) is 6.42 Å². The Balaban J connectivity index is 2.50. The zero-order valence-electron chi connectivity index (χ0n) is 7.20. The number of hydrogen-bond donors (Lipinski definition) is 0. The topological polar surface area (TPSA) is 37.4 Å². The van der Waals surface area contributed by atoms with E-state index in [1.54, 1.807) is 0 Å². The molecule has 1 heterocycles. The standard InChI is InChI=1S/C8H15NO2S/c1-2-4-9-5-3-7-12(10,11)8-6-9/h2H,1,3-8H2. The average Bonchev–Trinajstić information content (AvgIpc) is 2.14. The summed E-state index contributed by atoms with van der Waals surface area (Å²) in [6.07, 6.45) is 2.58. The number of nitrogens with zero attached hydrogens (tertiary/aromatic N) is 1. The third-order valence-corrected chi connectivity index (χ3v) is 3.75. The quantitative estimate of drug-likeness (QED) is 0.586. The van der Waals surface area contributed by atoms with Gasteiger partial charge >= 0.3 is 0 Å². The second-order valence-corrected chi connectivity index (χ2v) is 5.40. The van der Waals surface area contributed by atoms with E-state index in [1.165, 1.54) is 0 Å².